The minimum absolute atomic E-state index is 0.0392. The number of aliphatic hydroxyl groups is 8. The molecule has 0 spiro atoms. The maximum atomic E-state index is 13.7. The lowest BCUT2D eigenvalue weighted by Crippen LogP contribution is -2.61. The van der Waals surface area contributed by atoms with E-state index in [0.29, 0.717) is 154 Å². The first kappa shape index (κ1) is 81.8. The third-order valence-corrected chi connectivity index (χ3v) is 19.4. The largest absolute Gasteiger partial charge is 0.462 e. The first-order valence-corrected chi connectivity index (χ1v) is 34.2. The number of methoxy groups -OCH3 is 1. The Morgan fingerprint density at radius 3 is 1.64 bits per heavy atom. The zero-order valence-corrected chi connectivity index (χ0v) is 56.7. The van der Waals surface area contributed by atoms with E-state index in [1.54, 1.807) is 7.11 Å². The minimum Gasteiger partial charge on any atom is -0.462 e. The zero-order valence-electron chi connectivity index (χ0n) is 56.7. The lowest BCUT2D eigenvalue weighted by molar-refractivity contribution is -0.326. The first-order valence-electron chi connectivity index (χ1n) is 34.2. The van der Waals surface area contributed by atoms with E-state index in [1.807, 2.05) is 0 Å². The highest BCUT2D eigenvalue weighted by molar-refractivity contribution is 5.82. The lowest BCUT2D eigenvalue weighted by atomic mass is 9.47. The van der Waals surface area contributed by atoms with Crippen molar-refractivity contribution >= 4 is 18.0 Å². The number of fused-ring (bicyclic) bond motifs is 5. The average molecular weight is 1360 g/mol. The smallest absolute Gasteiger partial charge is 0.408 e. The number of carbonyl (C=O) groups excluding carboxylic acids is 3. The standard InChI is InChI=1S/C66H117NO27/c1-44(2)8-7-9-45(3)49-12-13-50-48-11-10-46-40-47(14-16-65(46,4)51(48)15-17-66(49,50)5)92-64(78)67-52(43-91-62(77)58(74)57(73)60(53(70)41-68)94-63-59(75)56(72)55(71)54(42-69)93-63)61(76)90-39-38-89-37-36-88-35-34-87-33-32-86-31-30-85-29-28-84-27-26-83-25-24-82-23-22-81-21-20-80-19-18-79-6/h10,44-45,47-60,63,68-75H,7-9,11-43H2,1-6H3,(H,67,78)/t45-,47-,48+,49-,50+,51+,52+,53-,54-,55+,56+,57-,58+,59-,60-,63+,65+,66-/m1/s1. The van der Waals surface area contributed by atoms with Gasteiger partial charge in [-0.25, -0.2) is 14.4 Å². The number of ether oxygens (including phenoxy) is 16. The number of rotatable bonds is 51. The van der Waals surface area contributed by atoms with E-state index in [-0.39, 0.29) is 38.4 Å². The van der Waals surface area contributed by atoms with Crippen molar-refractivity contribution < 1.29 is 131 Å². The van der Waals surface area contributed by atoms with Crippen LogP contribution in [0, 0.1) is 46.3 Å². The van der Waals surface area contributed by atoms with Gasteiger partial charge >= 0.3 is 18.0 Å². The number of nitrogens with one attached hydrogen (secondary N) is 1. The van der Waals surface area contributed by atoms with Crippen molar-refractivity contribution in [1.29, 1.82) is 0 Å². The summed E-state index contributed by atoms with van der Waals surface area (Å²) in [4.78, 5) is 40.7. The molecule has 1 amide bonds. The van der Waals surface area contributed by atoms with Crippen LogP contribution >= 0.6 is 0 Å². The highest BCUT2D eigenvalue weighted by Crippen LogP contribution is 2.67. The van der Waals surface area contributed by atoms with Gasteiger partial charge in [-0.15, -0.1) is 0 Å². The molecule has 0 bridgehead atoms. The summed E-state index contributed by atoms with van der Waals surface area (Å²) in [5, 5.41) is 85.4. The summed E-state index contributed by atoms with van der Waals surface area (Å²) in [5.74, 6) is 1.33. The molecule has 28 nitrogen and oxygen atoms in total. The summed E-state index contributed by atoms with van der Waals surface area (Å²) in [7, 11) is 1.63. The molecule has 1 heterocycles. The number of alkyl carbamates (subject to hydrolysis) is 1. The molecule has 1 saturated heterocycles. The molecule has 0 aromatic carbocycles. The molecule has 0 radical (unpaired) electrons. The van der Waals surface area contributed by atoms with Crippen LogP contribution in [0.5, 0.6) is 0 Å². The van der Waals surface area contributed by atoms with Gasteiger partial charge in [0.25, 0.3) is 0 Å². The third kappa shape index (κ3) is 26.7. The molecule has 1 aliphatic heterocycles. The van der Waals surface area contributed by atoms with Crippen molar-refractivity contribution in [3.05, 3.63) is 11.6 Å². The van der Waals surface area contributed by atoms with E-state index in [0.717, 1.165) is 24.7 Å². The molecular weight excluding hydrogens is 1240 g/mol. The maximum Gasteiger partial charge on any atom is 0.408 e. The van der Waals surface area contributed by atoms with Crippen LogP contribution in [0.25, 0.3) is 0 Å². The van der Waals surface area contributed by atoms with Crippen molar-refractivity contribution in [2.24, 2.45) is 46.3 Å². The molecule has 4 aliphatic carbocycles. The third-order valence-electron chi connectivity index (χ3n) is 19.4. The second kappa shape index (κ2) is 45.0. The molecule has 4 fully saturated rings. The van der Waals surface area contributed by atoms with Gasteiger partial charge in [-0.05, 0) is 91.3 Å². The Bertz CT molecular complexity index is 2100. The quantitative estimate of drug-likeness (QED) is 0.0181. The van der Waals surface area contributed by atoms with E-state index in [4.69, 9.17) is 75.8 Å². The van der Waals surface area contributed by atoms with Gasteiger partial charge in [0.2, 0.25) is 0 Å². The highest BCUT2D eigenvalue weighted by atomic mass is 16.7. The molecule has 548 valence electrons. The van der Waals surface area contributed by atoms with E-state index >= 15 is 0 Å². The Kier molecular flexibility index (Phi) is 39.1. The Morgan fingerprint density at radius 2 is 1.14 bits per heavy atom. The van der Waals surface area contributed by atoms with Crippen molar-refractivity contribution in [2.45, 2.75) is 173 Å². The van der Waals surface area contributed by atoms with Crippen molar-refractivity contribution in [1.82, 2.24) is 5.32 Å². The Labute approximate surface area is 555 Å². The van der Waals surface area contributed by atoms with Crippen LogP contribution in [0.4, 0.5) is 4.79 Å². The van der Waals surface area contributed by atoms with Gasteiger partial charge in [0.1, 0.15) is 62.0 Å². The van der Waals surface area contributed by atoms with Crippen LogP contribution in [0.15, 0.2) is 11.6 Å². The van der Waals surface area contributed by atoms with E-state index < -0.39 is 105 Å². The molecule has 9 N–H and O–H groups in total. The van der Waals surface area contributed by atoms with E-state index in [2.05, 4.69) is 46.0 Å². The second-order valence-electron chi connectivity index (χ2n) is 26.2. The predicted octanol–water partition coefficient (Wildman–Crippen LogP) is 1.65. The first-order chi connectivity index (χ1) is 45.3. The lowest BCUT2D eigenvalue weighted by Gasteiger charge is -2.58. The molecular formula is C66H117NO27. The molecule has 0 aromatic rings. The number of hydrogen-bond donors (Lipinski definition) is 9. The van der Waals surface area contributed by atoms with Gasteiger partial charge in [-0.3, -0.25) is 0 Å². The van der Waals surface area contributed by atoms with Crippen molar-refractivity contribution in [2.75, 3.05) is 172 Å². The number of amides is 1. The second-order valence-corrected chi connectivity index (χ2v) is 26.2. The van der Waals surface area contributed by atoms with Gasteiger partial charge in [0.15, 0.2) is 18.4 Å². The highest BCUT2D eigenvalue weighted by Gasteiger charge is 2.59. The van der Waals surface area contributed by atoms with E-state index in [1.165, 1.54) is 50.5 Å². The normalized spacial score (nSPS) is 28.7. The molecule has 0 aromatic heterocycles. The van der Waals surface area contributed by atoms with Crippen molar-refractivity contribution in [3.63, 3.8) is 0 Å². The monoisotopic (exact) mass is 1360 g/mol. The summed E-state index contributed by atoms with van der Waals surface area (Å²) in [6.07, 6.45) is -5.73. The van der Waals surface area contributed by atoms with E-state index in [9.17, 15) is 55.2 Å². The van der Waals surface area contributed by atoms with Crippen LogP contribution < -0.4 is 5.32 Å². The Hall–Kier alpha value is -2.89. The van der Waals surface area contributed by atoms with Crippen LogP contribution in [0.2, 0.25) is 0 Å². The molecule has 0 unspecified atom stereocenters. The Morgan fingerprint density at radius 1 is 0.617 bits per heavy atom. The van der Waals surface area contributed by atoms with Gasteiger partial charge in [0, 0.05) is 13.5 Å². The zero-order chi connectivity index (χ0) is 68.3. The molecule has 5 rings (SSSR count). The van der Waals surface area contributed by atoms with Crippen LogP contribution in [0.1, 0.15) is 105 Å². The Balaban J connectivity index is 0.997. The number of hydrogen-bond acceptors (Lipinski definition) is 27. The number of carbonyl (C=O) groups is 3. The molecule has 3 saturated carbocycles. The summed E-state index contributed by atoms with van der Waals surface area (Å²) in [6.45, 7) is 17.0. The maximum absolute atomic E-state index is 13.7. The molecule has 28 heteroatoms. The van der Waals surface area contributed by atoms with Crippen LogP contribution in [-0.4, -0.2) is 298 Å². The van der Waals surface area contributed by atoms with Gasteiger partial charge in [0.05, 0.1) is 152 Å². The molecule has 5 aliphatic rings. The van der Waals surface area contributed by atoms with Gasteiger partial charge in [-0.2, -0.15) is 0 Å². The van der Waals surface area contributed by atoms with Crippen LogP contribution in [-0.2, 0) is 85.4 Å². The van der Waals surface area contributed by atoms with Crippen LogP contribution in [0.3, 0.4) is 0 Å². The molecule has 94 heavy (non-hydrogen) atoms. The summed E-state index contributed by atoms with van der Waals surface area (Å²) in [6, 6.07) is -1.71. The minimum atomic E-state index is -2.56. The number of esters is 2. The fourth-order valence-electron chi connectivity index (χ4n) is 14.2. The summed E-state index contributed by atoms with van der Waals surface area (Å²) in [5.41, 5.74) is 1.57. The SMILES string of the molecule is COCCOCCOCCOCCOCCOCCOCCOCCOCCOCCOCCOC(=O)[C@H](COC(=O)[C@@H](O)[C@@H](O)[C@H](O[C@@H]1O[C@H](CO)[C@H](O)[C@H](O)[C@H]1O)[C@H](O)CO)NC(=O)O[C@@H]1CC[C@@]2(C)C(=CC[C@H]3[C@@H]4CC[C@H]([C@H](C)CCCC(C)C)[C@@]4(C)CC[C@@H]32)C1. The number of allylic oxidation sites excluding steroid dienone is 1. The number of aliphatic hydroxyl groups excluding tert-OH is 8. The topological polar surface area (TPSA) is 373 Å². The fourth-order valence-corrected chi connectivity index (χ4v) is 14.2. The van der Waals surface area contributed by atoms with Gasteiger partial charge < -0.3 is 122 Å². The average Bonchev–Trinajstić information content (AvgIpc) is 1.34. The van der Waals surface area contributed by atoms with Crippen molar-refractivity contribution in [3.8, 4) is 0 Å². The molecule has 18 atom stereocenters. The fraction of sp³-hybridized carbons (Fsp3) is 0.924. The predicted molar refractivity (Wildman–Crippen MR) is 336 cm³/mol. The van der Waals surface area contributed by atoms with Gasteiger partial charge in [-0.1, -0.05) is 65.5 Å². The summed E-state index contributed by atoms with van der Waals surface area (Å²) >= 11 is 0. The summed E-state index contributed by atoms with van der Waals surface area (Å²) < 4.78 is 87.1.